The maximum atomic E-state index is 8.72. The zero-order valence-corrected chi connectivity index (χ0v) is 5.08. The summed E-state index contributed by atoms with van der Waals surface area (Å²) in [5.74, 6) is 0.435. The molecule has 0 aromatic carbocycles. The molecule has 0 radical (unpaired) electrons. The lowest BCUT2D eigenvalue weighted by atomic mass is 10.6. The Labute approximate surface area is 51.0 Å². The molecule has 2 N–H and O–H groups in total. The maximum Gasteiger partial charge on any atom is 0.269 e. The zero-order chi connectivity index (χ0) is 6.15. The molecule has 0 aliphatic carbocycles. The third-order valence-corrected chi connectivity index (χ3v) is 0.985. The van der Waals surface area contributed by atoms with Gasteiger partial charge in [-0.2, -0.15) is 0 Å². The van der Waals surface area contributed by atoms with Gasteiger partial charge in [-0.15, -0.1) is 0 Å². The summed E-state index contributed by atoms with van der Waals surface area (Å²) in [5.41, 5.74) is 0. The molecule has 0 unspecified atom stereocenters. The van der Waals surface area contributed by atoms with Gasteiger partial charge < -0.3 is 9.52 Å². The maximum absolute atomic E-state index is 8.72. The average molecular weight is 131 g/mol. The third kappa shape index (κ3) is 0.742. The molecule has 44 valence electrons. The topological polar surface area (TPSA) is 49.2 Å². The summed E-state index contributed by atoms with van der Waals surface area (Å²) < 4.78 is 4.72. The molecule has 8 heavy (non-hydrogen) atoms. The molecule has 0 aliphatic heterocycles. The van der Waals surface area contributed by atoms with Gasteiger partial charge in [0, 0.05) is 0 Å². The number of aromatic nitrogens is 1. The van der Waals surface area contributed by atoms with Crippen LogP contribution >= 0.6 is 12.2 Å². The lowest BCUT2D eigenvalue weighted by molar-refractivity contribution is 0.435. The average Bonchev–Trinajstić information content (AvgIpc) is 1.85. The van der Waals surface area contributed by atoms with Crippen LogP contribution in [-0.2, 0) is 0 Å². The van der Waals surface area contributed by atoms with Gasteiger partial charge in [0.15, 0.2) is 5.76 Å². The van der Waals surface area contributed by atoms with Crippen LogP contribution < -0.4 is 0 Å². The van der Waals surface area contributed by atoms with E-state index in [0.29, 0.717) is 5.76 Å². The molecule has 0 fully saturated rings. The van der Waals surface area contributed by atoms with Gasteiger partial charge in [-0.25, -0.2) is 0 Å². The molecule has 1 heterocycles. The standard InChI is InChI=1S/C4H5NO2S/c1-2-3(6)5-4(8)7-2/h6H,1H3,(H,5,8). The summed E-state index contributed by atoms with van der Waals surface area (Å²) in [5, 5.41) is 8.72. The van der Waals surface area contributed by atoms with Crippen LogP contribution in [0.4, 0.5) is 0 Å². The van der Waals surface area contributed by atoms with Gasteiger partial charge in [0.05, 0.1) is 0 Å². The predicted molar refractivity (Wildman–Crippen MR) is 30.3 cm³/mol. The Bertz CT molecular complexity index is 214. The second kappa shape index (κ2) is 1.63. The van der Waals surface area contributed by atoms with E-state index in [9.17, 15) is 0 Å². The van der Waals surface area contributed by atoms with Crippen LogP contribution in [0.1, 0.15) is 5.76 Å². The van der Waals surface area contributed by atoms with E-state index in [-0.39, 0.29) is 10.7 Å². The van der Waals surface area contributed by atoms with Crippen molar-refractivity contribution in [3.63, 3.8) is 0 Å². The molecule has 0 aliphatic rings. The summed E-state index contributed by atoms with van der Waals surface area (Å²) in [6, 6.07) is 0. The Morgan fingerprint density at radius 2 is 2.38 bits per heavy atom. The fraction of sp³-hybridized carbons (Fsp3) is 0.250. The van der Waals surface area contributed by atoms with E-state index in [0.717, 1.165) is 0 Å². The third-order valence-electron chi connectivity index (χ3n) is 0.800. The van der Waals surface area contributed by atoms with Crippen molar-refractivity contribution < 1.29 is 9.52 Å². The Hall–Kier alpha value is -0.770. The number of H-pyrrole nitrogens is 1. The first-order chi connectivity index (χ1) is 3.70. The predicted octanol–water partition coefficient (Wildman–Crippen LogP) is 1.35. The van der Waals surface area contributed by atoms with Gasteiger partial charge in [-0.1, -0.05) is 0 Å². The van der Waals surface area contributed by atoms with E-state index < -0.39 is 0 Å². The first kappa shape index (κ1) is 5.37. The fourth-order valence-electron chi connectivity index (χ4n) is 0.398. The van der Waals surface area contributed by atoms with Crippen LogP contribution in [0.3, 0.4) is 0 Å². The van der Waals surface area contributed by atoms with Crippen molar-refractivity contribution in [2.24, 2.45) is 0 Å². The summed E-state index contributed by atoms with van der Waals surface area (Å²) in [6.07, 6.45) is 0. The van der Waals surface area contributed by atoms with E-state index in [1.54, 1.807) is 6.92 Å². The van der Waals surface area contributed by atoms with Crippen LogP contribution in [0.15, 0.2) is 4.42 Å². The zero-order valence-electron chi connectivity index (χ0n) is 4.26. The molecule has 0 spiro atoms. The minimum absolute atomic E-state index is 0.00926. The molecular weight excluding hydrogens is 126 g/mol. The highest BCUT2D eigenvalue weighted by molar-refractivity contribution is 7.71. The summed E-state index contributed by atoms with van der Waals surface area (Å²) in [6.45, 7) is 1.63. The van der Waals surface area contributed by atoms with Crippen molar-refractivity contribution in [3.8, 4) is 5.88 Å². The smallest absolute Gasteiger partial charge is 0.269 e. The second-order valence-corrected chi connectivity index (χ2v) is 1.79. The van der Waals surface area contributed by atoms with Gasteiger partial charge in [0.1, 0.15) is 0 Å². The van der Waals surface area contributed by atoms with Gasteiger partial charge in [-0.3, -0.25) is 4.98 Å². The molecule has 3 nitrogen and oxygen atoms in total. The molecule has 1 rings (SSSR count). The molecule has 0 saturated carbocycles. The number of rotatable bonds is 0. The minimum atomic E-state index is 0.00926. The van der Waals surface area contributed by atoms with E-state index in [1.165, 1.54) is 0 Å². The highest BCUT2D eigenvalue weighted by atomic mass is 32.1. The van der Waals surface area contributed by atoms with Crippen LogP contribution in [0.25, 0.3) is 0 Å². The Morgan fingerprint density at radius 3 is 2.50 bits per heavy atom. The van der Waals surface area contributed by atoms with Gasteiger partial charge >= 0.3 is 0 Å². The summed E-state index contributed by atoms with van der Waals surface area (Å²) in [4.78, 5) is 2.62. The molecule has 0 bridgehead atoms. The van der Waals surface area contributed by atoms with Gasteiger partial charge in [-0.05, 0) is 19.1 Å². The van der Waals surface area contributed by atoms with Crippen molar-refractivity contribution in [1.29, 1.82) is 0 Å². The highest BCUT2D eigenvalue weighted by Gasteiger charge is 1.96. The summed E-state index contributed by atoms with van der Waals surface area (Å²) in [7, 11) is 0. The van der Waals surface area contributed by atoms with E-state index in [1.807, 2.05) is 0 Å². The first-order valence-corrected chi connectivity index (χ1v) is 2.49. The van der Waals surface area contributed by atoms with Crippen LogP contribution in [0.5, 0.6) is 5.88 Å². The van der Waals surface area contributed by atoms with Crippen molar-refractivity contribution >= 4 is 12.2 Å². The Balaban J connectivity index is 3.35. The number of hydrogen-bond donors (Lipinski definition) is 2. The normalized spacial score (nSPS) is 9.62. The molecule has 1 aromatic rings. The van der Waals surface area contributed by atoms with Gasteiger partial charge in [0.25, 0.3) is 4.84 Å². The highest BCUT2D eigenvalue weighted by Crippen LogP contribution is 2.11. The number of hydrogen-bond acceptors (Lipinski definition) is 3. The monoisotopic (exact) mass is 131 g/mol. The van der Waals surface area contributed by atoms with Crippen LogP contribution in [0, 0.1) is 11.8 Å². The Kier molecular flexibility index (Phi) is 1.09. The molecular formula is C4H5NO2S. The van der Waals surface area contributed by atoms with Crippen molar-refractivity contribution in [2.45, 2.75) is 6.92 Å². The quantitative estimate of drug-likeness (QED) is 0.522. The molecule has 4 heteroatoms. The lowest BCUT2D eigenvalue weighted by Gasteiger charge is -1.77. The van der Waals surface area contributed by atoms with Crippen molar-refractivity contribution in [1.82, 2.24) is 4.98 Å². The lowest BCUT2D eigenvalue weighted by Crippen LogP contribution is -1.61. The molecule has 1 aromatic heterocycles. The number of oxazole rings is 1. The van der Waals surface area contributed by atoms with E-state index in [2.05, 4.69) is 17.2 Å². The largest absolute Gasteiger partial charge is 0.492 e. The molecule has 0 amide bonds. The number of nitrogens with one attached hydrogen (secondary N) is 1. The van der Waals surface area contributed by atoms with E-state index in [4.69, 9.17) is 9.52 Å². The van der Waals surface area contributed by atoms with Gasteiger partial charge in [0.2, 0.25) is 5.88 Å². The van der Waals surface area contributed by atoms with Crippen molar-refractivity contribution in [2.75, 3.05) is 0 Å². The van der Waals surface area contributed by atoms with Crippen molar-refractivity contribution in [3.05, 3.63) is 10.6 Å². The Morgan fingerprint density at radius 1 is 1.75 bits per heavy atom. The fourth-order valence-corrected chi connectivity index (χ4v) is 0.619. The van der Waals surface area contributed by atoms with E-state index >= 15 is 0 Å². The van der Waals surface area contributed by atoms with Crippen LogP contribution in [-0.4, -0.2) is 10.1 Å². The SMILES string of the molecule is Cc1oc(=S)[nH]c1O. The van der Waals surface area contributed by atoms with Crippen LogP contribution in [0.2, 0.25) is 0 Å². The number of aromatic amines is 1. The summed E-state index contributed by atoms with van der Waals surface area (Å²) >= 11 is 4.54. The number of aromatic hydroxyl groups is 1. The minimum Gasteiger partial charge on any atom is -0.492 e. The molecule has 0 atom stereocenters. The first-order valence-electron chi connectivity index (χ1n) is 2.09. The second-order valence-electron chi connectivity index (χ2n) is 1.42. The molecule has 0 saturated heterocycles. The number of aryl methyl sites for hydroxylation is 1.